The topological polar surface area (TPSA) is 63.6 Å². The van der Waals surface area contributed by atoms with Gasteiger partial charge in [-0.15, -0.1) is 0 Å². The summed E-state index contributed by atoms with van der Waals surface area (Å²) in [6.45, 7) is 0. The van der Waals surface area contributed by atoms with Gasteiger partial charge in [-0.2, -0.15) is 0 Å². The third-order valence-electron chi connectivity index (χ3n) is 3.27. The van der Waals surface area contributed by atoms with E-state index in [9.17, 15) is 13.5 Å². The van der Waals surface area contributed by atoms with E-state index in [2.05, 4.69) is 15.9 Å². The van der Waals surface area contributed by atoms with Gasteiger partial charge in [-0.3, -0.25) is 0 Å². The molecule has 0 aliphatic carbocycles. The van der Waals surface area contributed by atoms with Gasteiger partial charge in [0.1, 0.15) is 5.75 Å². The molecule has 0 aromatic heterocycles. The van der Waals surface area contributed by atoms with Gasteiger partial charge >= 0.3 is 0 Å². The summed E-state index contributed by atoms with van der Waals surface area (Å²) >= 11 is 9.29. The molecular formula is C12H14BrClO4S. The van der Waals surface area contributed by atoms with Crippen LogP contribution in [0.15, 0.2) is 16.6 Å². The summed E-state index contributed by atoms with van der Waals surface area (Å²) in [5.74, 6) is 0.297. The lowest BCUT2D eigenvalue weighted by Crippen LogP contribution is -2.15. The maximum atomic E-state index is 11.5. The third kappa shape index (κ3) is 3.24. The number of aliphatic hydroxyl groups excluding tert-OH is 1. The van der Waals surface area contributed by atoms with Crippen molar-refractivity contribution < 1.29 is 18.3 Å². The Bertz CT molecular complexity index is 588. The molecule has 1 saturated heterocycles. The zero-order valence-corrected chi connectivity index (χ0v) is 13.4. The van der Waals surface area contributed by atoms with Crippen LogP contribution in [0.25, 0.3) is 0 Å². The first-order valence-electron chi connectivity index (χ1n) is 5.75. The van der Waals surface area contributed by atoms with Gasteiger partial charge in [-0.1, -0.05) is 11.6 Å². The van der Waals surface area contributed by atoms with Crippen molar-refractivity contribution in [3.63, 3.8) is 0 Å². The Morgan fingerprint density at radius 1 is 1.53 bits per heavy atom. The van der Waals surface area contributed by atoms with Crippen LogP contribution in [-0.2, 0) is 9.84 Å². The Hall–Kier alpha value is -0.300. The minimum Gasteiger partial charge on any atom is -0.495 e. The van der Waals surface area contributed by atoms with Crippen molar-refractivity contribution >= 4 is 37.4 Å². The van der Waals surface area contributed by atoms with Gasteiger partial charge in [0, 0.05) is 16.5 Å². The Labute approximate surface area is 125 Å². The van der Waals surface area contributed by atoms with Crippen molar-refractivity contribution in [2.45, 2.75) is 12.5 Å². The fraction of sp³-hybridized carbons (Fsp3) is 0.500. The lowest BCUT2D eigenvalue weighted by molar-refractivity contribution is 0.118. The number of aliphatic hydroxyl groups is 1. The molecule has 0 spiro atoms. The lowest BCUT2D eigenvalue weighted by atomic mass is 9.94. The van der Waals surface area contributed by atoms with Crippen molar-refractivity contribution in [3.05, 3.63) is 27.2 Å². The second-order valence-corrected chi connectivity index (χ2v) is 8.14. The smallest absolute Gasteiger partial charge is 0.150 e. The summed E-state index contributed by atoms with van der Waals surface area (Å²) in [7, 11) is -1.54. The van der Waals surface area contributed by atoms with Crippen LogP contribution in [0.4, 0.5) is 0 Å². The fourth-order valence-corrected chi connectivity index (χ4v) is 5.17. The van der Waals surface area contributed by atoms with E-state index in [4.69, 9.17) is 16.3 Å². The van der Waals surface area contributed by atoms with Crippen LogP contribution >= 0.6 is 27.5 Å². The van der Waals surface area contributed by atoms with Crippen LogP contribution in [0.1, 0.15) is 18.1 Å². The average Bonchev–Trinajstić information content (AvgIpc) is 2.68. The highest BCUT2D eigenvalue weighted by atomic mass is 79.9. The zero-order chi connectivity index (χ0) is 14.2. The highest BCUT2D eigenvalue weighted by Crippen LogP contribution is 2.40. The second kappa shape index (κ2) is 5.60. The van der Waals surface area contributed by atoms with Crippen molar-refractivity contribution in [1.82, 2.24) is 0 Å². The molecule has 1 aromatic carbocycles. The van der Waals surface area contributed by atoms with Crippen molar-refractivity contribution in [2.24, 2.45) is 5.92 Å². The molecular weight excluding hydrogens is 356 g/mol. The van der Waals surface area contributed by atoms with Gasteiger partial charge in [0.2, 0.25) is 0 Å². The van der Waals surface area contributed by atoms with Crippen LogP contribution in [0.3, 0.4) is 0 Å². The van der Waals surface area contributed by atoms with E-state index in [-0.39, 0.29) is 17.4 Å². The number of hydrogen-bond acceptors (Lipinski definition) is 4. The van der Waals surface area contributed by atoms with E-state index in [1.54, 1.807) is 12.1 Å². The highest BCUT2D eigenvalue weighted by Gasteiger charge is 2.35. The average molecular weight is 370 g/mol. The molecule has 1 aromatic rings. The molecule has 4 nitrogen and oxygen atoms in total. The van der Waals surface area contributed by atoms with Gasteiger partial charge in [0.05, 0.1) is 29.2 Å². The number of methoxy groups -OCH3 is 1. The number of halogens is 2. The monoisotopic (exact) mass is 368 g/mol. The van der Waals surface area contributed by atoms with E-state index < -0.39 is 15.9 Å². The Kier molecular flexibility index (Phi) is 4.45. The largest absolute Gasteiger partial charge is 0.495 e. The molecule has 2 unspecified atom stereocenters. The summed E-state index contributed by atoms with van der Waals surface area (Å²) in [5, 5.41) is 10.9. The van der Waals surface area contributed by atoms with Gasteiger partial charge < -0.3 is 9.84 Å². The molecule has 2 rings (SSSR count). The molecule has 7 heteroatoms. The molecule has 0 bridgehead atoms. The van der Waals surface area contributed by atoms with Gasteiger partial charge in [-0.25, -0.2) is 8.42 Å². The summed E-state index contributed by atoms with van der Waals surface area (Å²) in [6, 6.07) is 3.28. The fourth-order valence-electron chi connectivity index (χ4n) is 2.34. The number of benzene rings is 1. The predicted octanol–water partition coefficient (Wildman–Crippen LogP) is 2.58. The normalized spacial score (nSPS) is 23.3. The molecule has 19 heavy (non-hydrogen) atoms. The van der Waals surface area contributed by atoms with Crippen LogP contribution in [0.5, 0.6) is 5.75 Å². The zero-order valence-electron chi connectivity index (χ0n) is 10.3. The first-order chi connectivity index (χ1) is 8.84. The molecule has 0 amide bonds. The molecule has 0 radical (unpaired) electrons. The number of ether oxygens (including phenoxy) is 1. The summed E-state index contributed by atoms with van der Waals surface area (Å²) in [5.41, 5.74) is 0.518. The predicted molar refractivity (Wildman–Crippen MR) is 77.4 cm³/mol. The third-order valence-corrected chi connectivity index (χ3v) is 5.88. The van der Waals surface area contributed by atoms with Gasteiger partial charge in [0.15, 0.2) is 9.84 Å². The Balaban J connectivity index is 2.36. The molecule has 0 saturated carbocycles. The molecule has 1 heterocycles. The maximum Gasteiger partial charge on any atom is 0.150 e. The van der Waals surface area contributed by atoms with Gasteiger partial charge in [0.25, 0.3) is 0 Å². The van der Waals surface area contributed by atoms with E-state index in [1.807, 2.05) is 0 Å². The standard InChI is InChI=1S/C12H14BrClO4S/c1-18-12-9(4-8(14)5-10(12)13)11(15)7-2-3-19(16,17)6-7/h4-5,7,11,15H,2-3,6H2,1H3. The molecule has 2 atom stereocenters. The lowest BCUT2D eigenvalue weighted by Gasteiger charge is -2.20. The van der Waals surface area contributed by atoms with Crippen LogP contribution < -0.4 is 4.74 Å². The summed E-state index contributed by atoms with van der Waals surface area (Å²) in [6.07, 6.45) is -0.446. The van der Waals surface area contributed by atoms with Gasteiger partial charge in [-0.05, 0) is 34.5 Å². The van der Waals surface area contributed by atoms with Crippen LogP contribution in [0.2, 0.25) is 5.02 Å². The minimum atomic E-state index is -3.03. The summed E-state index contributed by atoms with van der Waals surface area (Å²) < 4.78 is 28.9. The number of rotatable bonds is 3. The molecule has 1 fully saturated rings. The number of sulfone groups is 1. The Morgan fingerprint density at radius 2 is 2.21 bits per heavy atom. The van der Waals surface area contributed by atoms with E-state index in [1.165, 1.54) is 7.11 Å². The first kappa shape index (κ1) is 15.1. The molecule has 1 aliphatic rings. The minimum absolute atomic E-state index is 0.00144. The Morgan fingerprint density at radius 3 is 2.74 bits per heavy atom. The van der Waals surface area contributed by atoms with Crippen molar-refractivity contribution in [1.29, 1.82) is 0 Å². The van der Waals surface area contributed by atoms with Crippen LogP contribution in [-0.4, -0.2) is 32.1 Å². The molecule has 106 valence electrons. The van der Waals surface area contributed by atoms with E-state index >= 15 is 0 Å². The van der Waals surface area contributed by atoms with Crippen molar-refractivity contribution in [2.75, 3.05) is 18.6 Å². The van der Waals surface area contributed by atoms with Crippen molar-refractivity contribution in [3.8, 4) is 5.75 Å². The molecule has 1 N–H and O–H groups in total. The van der Waals surface area contributed by atoms with E-state index in [0.717, 1.165) is 0 Å². The maximum absolute atomic E-state index is 11.5. The first-order valence-corrected chi connectivity index (χ1v) is 8.74. The SMILES string of the molecule is COc1c(Br)cc(Cl)cc1C(O)C1CCS(=O)(=O)C1. The second-order valence-electron chi connectivity index (χ2n) is 4.62. The molecule has 1 aliphatic heterocycles. The van der Waals surface area contributed by atoms with E-state index in [0.29, 0.717) is 27.2 Å². The highest BCUT2D eigenvalue weighted by molar-refractivity contribution is 9.10. The quantitative estimate of drug-likeness (QED) is 0.889. The number of hydrogen-bond donors (Lipinski definition) is 1. The van der Waals surface area contributed by atoms with Crippen LogP contribution in [0, 0.1) is 5.92 Å². The summed E-state index contributed by atoms with van der Waals surface area (Å²) in [4.78, 5) is 0.